The highest BCUT2D eigenvalue weighted by Crippen LogP contribution is 2.25. The molecule has 0 aliphatic heterocycles. The van der Waals surface area contributed by atoms with Gasteiger partial charge in [-0.15, -0.1) is 0 Å². The first-order chi connectivity index (χ1) is 16.8. The predicted octanol–water partition coefficient (Wildman–Crippen LogP) is 5.03. The summed E-state index contributed by atoms with van der Waals surface area (Å²) in [7, 11) is 0. The smallest absolute Gasteiger partial charge is 0.251 e. The maximum atomic E-state index is 12.3. The second-order valence-corrected chi connectivity index (χ2v) is 8.09. The molecule has 2 heterocycles. The number of carbonyl (C=O) groups is 1. The molecule has 0 radical (unpaired) electrons. The molecule has 5 rings (SSSR count). The fraction of sp³-hybridized carbons (Fsp3) is 0.179. The van der Waals surface area contributed by atoms with Crippen molar-refractivity contribution >= 4 is 27.7 Å². The number of carbonyl (C=O) groups excluding carboxylic acids is 1. The van der Waals surface area contributed by atoms with Crippen LogP contribution in [0.5, 0.6) is 5.75 Å². The number of benzene rings is 3. The molecule has 6 heteroatoms. The number of hydrogen-bond acceptors (Lipinski definition) is 4. The molecule has 1 amide bonds. The monoisotopic (exact) mass is 450 g/mol. The number of hydrogen-bond donors (Lipinski definition) is 1. The van der Waals surface area contributed by atoms with Crippen molar-refractivity contribution in [3.63, 3.8) is 0 Å². The van der Waals surface area contributed by atoms with E-state index in [1.807, 2.05) is 42.5 Å². The average molecular weight is 451 g/mol. The van der Waals surface area contributed by atoms with E-state index in [4.69, 9.17) is 9.72 Å². The Morgan fingerprint density at radius 2 is 1.71 bits per heavy atom. The van der Waals surface area contributed by atoms with Gasteiger partial charge in [0.15, 0.2) is 0 Å². The van der Waals surface area contributed by atoms with Crippen LogP contribution in [0.1, 0.15) is 22.6 Å². The summed E-state index contributed by atoms with van der Waals surface area (Å²) in [6, 6.07) is 26.0. The Bertz CT molecular complexity index is 1410. The lowest BCUT2D eigenvalue weighted by Gasteiger charge is -2.12. The van der Waals surface area contributed by atoms with Gasteiger partial charge in [0.25, 0.3) is 5.91 Å². The summed E-state index contributed by atoms with van der Waals surface area (Å²) in [5.41, 5.74) is 2.67. The van der Waals surface area contributed by atoms with Crippen molar-refractivity contribution in [1.82, 2.24) is 19.9 Å². The Labute approximate surface area is 198 Å². The summed E-state index contributed by atoms with van der Waals surface area (Å²) in [6.45, 7) is 1.91. The Morgan fingerprint density at radius 1 is 0.912 bits per heavy atom. The molecule has 6 nitrogen and oxygen atoms in total. The predicted molar refractivity (Wildman–Crippen MR) is 134 cm³/mol. The molecule has 0 saturated carbocycles. The Morgan fingerprint density at radius 3 is 2.62 bits per heavy atom. The number of imidazole rings is 1. The molecule has 0 bridgehead atoms. The number of nitrogens with one attached hydrogen (secondary N) is 1. The van der Waals surface area contributed by atoms with Gasteiger partial charge in [-0.05, 0) is 42.1 Å². The summed E-state index contributed by atoms with van der Waals surface area (Å²) >= 11 is 0. The van der Waals surface area contributed by atoms with Crippen molar-refractivity contribution in [2.75, 3.05) is 13.2 Å². The molecule has 34 heavy (non-hydrogen) atoms. The van der Waals surface area contributed by atoms with E-state index >= 15 is 0 Å². The maximum Gasteiger partial charge on any atom is 0.251 e. The van der Waals surface area contributed by atoms with Gasteiger partial charge in [-0.2, -0.15) is 0 Å². The first kappa shape index (κ1) is 21.6. The van der Waals surface area contributed by atoms with Gasteiger partial charge in [0.1, 0.15) is 11.6 Å². The molecule has 5 aromatic rings. The number of fused-ring (bicyclic) bond motifs is 2. The summed E-state index contributed by atoms with van der Waals surface area (Å²) in [5, 5.41) is 5.29. The molecule has 0 atom stereocenters. The number of nitrogens with zero attached hydrogens (tertiary/aromatic N) is 3. The van der Waals surface area contributed by atoms with Crippen LogP contribution in [0.2, 0.25) is 0 Å². The molecule has 170 valence electrons. The molecule has 0 aliphatic rings. The molecule has 1 N–H and O–H groups in total. The third-order valence-corrected chi connectivity index (χ3v) is 5.84. The van der Waals surface area contributed by atoms with Crippen LogP contribution in [-0.4, -0.2) is 33.6 Å². The molecule has 0 spiro atoms. The Kier molecular flexibility index (Phi) is 6.47. The molecule has 0 aliphatic carbocycles. The van der Waals surface area contributed by atoms with Crippen molar-refractivity contribution < 1.29 is 9.53 Å². The minimum absolute atomic E-state index is 0.103. The molecule has 0 unspecified atom stereocenters. The van der Waals surface area contributed by atoms with Crippen LogP contribution in [0.15, 0.2) is 91.3 Å². The van der Waals surface area contributed by atoms with E-state index < -0.39 is 0 Å². The van der Waals surface area contributed by atoms with E-state index in [-0.39, 0.29) is 5.91 Å². The van der Waals surface area contributed by atoms with Gasteiger partial charge in [0, 0.05) is 42.9 Å². The quantitative estimate of drug-likeness (QED) is 0.320. The second-order valence-electron chi connectivity index (χ2n) is 8.09. The fourth-order valence-electron chi connectivity index (χ4n) is 4.19. The first-order valence-electron chi connectivity index (χ1n) is 11.5. The van der Waals surface area contributed by atoms with Gasteiger partial charge < -0.3 is 14.6 Å². The molecule has 2 aromatic heterocycles. The van der Waals surface area contributed by atoms with Gasteiger partial charge in [-0.3, -0.25) is 9.78 Å². The Hall–Kier alpha value is -4.19. The zero-order valence-electron chi connectivity index (χ0n) is 18.9. The number of aryl methyl sites for hydroxylation is 1. The summed E-state index contributed by atoms with van der Waals surface area (Å²) < 4.78 is 8.37. The van der Waals surface area contributed by atoms with E-state index in [0.717, 1.165) is 41.0 Å². The van der Waals surface area contributed by atoms with Crippen molar-refractivity contribution in [3.05, 3.63) is 103 Å². The molecule has 3 aromatic carbocycles. The van der Waals surface area contributed by atoms with Gasteiger partial charge in [0.05, 0.1) is 17.6 Å². The highest BCUT2D eigenvalue weighted by molar-refractivity contribution is 5.94. The van der Waals surface area contributed by atoms with Crippen molar-refractivity contribution in [2.45, 2.75) is 19.4 Å². The summed E-state index contributed by atoms with van der Waals surface area (Å²) in [4.78, 5) is 21.1. The molecular formula is C28H26N4O2. The van der Waals surface area contributed by atoms with Crippen LogP contribution in [0.3, 0.4) is 0 Å². The third kappa shape index (κ3) is 4.76. The van der Waals surface area contributed by atoms with Crippen molar-refractivity contribution in [2.24, 2.45) is 0 Å². The minimum Gasteiger partial charge on any atom is -0.493 e. The van der Waals surface area contributed by atoms with E-state index in [0.29, 0.717) is 25.1 Å². The lowest BCUT2D eigenvalue weighted by atomic mass is 10.1. The molecule has 0 fully saturated rings. The Balaban J connectivity index is 1.23. The van der Waals surface area contributed by atoms with Gasteiger partial charge in [0.2, 0.25) is 0 Å². The molecule has 0 saturated heterocycles. The topological polar surface area (TPSA) is 69.0 Å². The van der Waals surface area contributed by atoms with Crippen molar-refractivity contribution in [3.8, 4) is 5.75 Å². The number of para-hydroxylation sites is 2. The van der Waals surface area contributed by atoms with E-state index in [1.54, 1.807) is 24.5 Å². The van der Waals surface area contributed by atoms with E-state index in [2.05, 4.69) is 39.1 Å². The van der Waals surface area contributed by atoms with Crippen LogP contribution in [-0.2, 0) is 13.0 Å². The van der Waals surface area contributed by atoms with E-state index in [1.165, 1.54) is 5.39 Å². The SMILES string of the molecule is O=C(NCCc1nc2ccccc2n1CCCOc1cccc2ccccc12)c1ccncc1. The van der Waals surface area contributed by atoms with E-state index in [9.17, 15) is 4.79 Å². The highest BCUT2D eigenvalue weighted by Gasteiger charge is 2.12. The lowest BCUT2D eigenvalue weighted by Crippen LogP contribution is -2.26. The van der Waals surface area contributed by atoms with Crippen LogP contribution in [0, 0.1) is 0 Å². The third-order valence-electron chi connectivity index (χ3n) is 5.84. The normalized spacial score (nSPS) is 11.1. The van der Waals surface area contributed by atoms with Crippen LogP contribution >= 0.6 is 0 Å². The first-order valence-corrected chi connectivity index (χ1v) is 11.5. The number of ether oxygens (including phenoxy) is 1. The minimum atomic E-state index is -0.103. The van der Waals surface area contributed by atoms with Crippen LogP contribution in [0.25, 0.3) is 21.8 Å². The average Bonchev–Trinajstić information content (AvgIpc) is 3.24. The lowest BCUT2D eigenvalue weighted by molar-refractivity contribution is 0.0954. The molecular weight excluding hydrogens is 424 g/mol. The second kappa shape index (κ2) is 10.2. The fourth-order valence-corrected chi connectivity index (χ4v) is 4.19. The number of pyridine rings is 1. The van der Waals surface area contributed by atoms with Crippen LogP contribution < -0.4 is 10.1 Å². The zero-order chi connectivity index (χ0) is 23.2. The number of rotatable bonds is 9. The summed E-state index contributed by atoms with van der Waals surface area (Å²) in [6.07, 6.45) is 4.74. The van der Waals surface area contributed by atoms with Crippen molar-refractivity contribution in [1.29, 1.82) is 0 Å². The zero-order valence-corrected chi connectivity index (χ0v) is 18.9. The van der Waals surface area contributed by atoms with Gasteiger partial charge in [-0.1, -0.05) is 48.5 Å². The largest absolute Gasteiger partial charge is 0.493 e. The van der Waals surface area contributed by atoms with Gasteiger partial charge >= 0.3 is 0 Å². The number of amides is 1. The van der Waals surface area contributed by atoms with Gasteiger partial charge in [-0.25, -0.2) is 4.98 Å². The standard InChI is InChI=1S/C28H26N4O2/c33-28(22-13-16-29-17-14-22)30-18-15-27-31-24-10-3-4-11-25(24)32(27)19-6-20-34-26-12-5-8-21-7-1-2-9-23(21)26/h1-5,7-14,16-17H,6,15,18-20H2,(H,30,33). The number of aromatic nitrogens is 3. The van der Waals surface area contributed by atoms with Crippen LogP contribution in [0.4, 0.5) is 0 Å². The summed E-state index contributed by atoms with van der Waals surface area (Å²) in [5.74, 6) is 1.77. The highest BCUT2D eigenvalue weighted by atomic mass is 16.5. The maximum absolute atomic E-state index is 12.3.